The molecule has 1 aliphatic rings. The molecule has 29 heavy (non-hydrogen) atoms. The predicted octanol–water partition coefficient (Wildman–Crippen LogP) is 1.11. The highest BCUT2D eigenvalue weighted by atomic mass is 16.3. The van der Waals surface area contributed by atoms with Crippen molar-refractivity contribution < 1.29 is 9.90 Å². The predicted molar refractivity (Wildman–Crippen MR) is 120 cm³/mol. The summed E-state index contributed by atoms with van der Waals surface area (Å²) in [6.07, 6.45) is 7.42. The van der Waals surface area contributed by atoms with Gasteiger partial charge in [-0.25, -0.2) is 0 Å². The number of aliphatic hydroxyl groups excluding tert-OH is 1. The summed E-state index contributed by atoms with van der Waals surface area (Å²) in [6.45, 7) is 5.27. The number of amides is 1. The maximum atomic E-state index is 11.5. The lowest BCUT2D eigenvalue weighted by Crippen LogP contribution is -2.38. The standard InChI is InChI=1S/C23H28N4O2/c1-2-4-17-11-18(16-5-3-6-20(12-16)27-23(29)15-28)13-22(21(17)14-24)26-19-7-9-25-10-8-19/h2-6,11-14,19,25-26,28H,1,7-10,15,24H2,(H,27,29)/b17-4-,21-14+. The van der Waals surface area contributed by atoms with E-state index in [1.165, 1.54) is 0 Å². The van der Waals surface area contributed by atoms with Gasteiger partial charge in [0.2, 0.25) is 5.91 Å². The summed E-state index contributed by atoms with van der Waals surface area (Å²) in [6, 6.07) is 12.1. The molecule has 0 aromatic heterocycles. The van der Waals surface area contributed by atoms with Gasteiger partial charge in [-0.15, -0.1) is 0 Å². The third-order valence-corrected chi connectivity index (χ3v) is 5.00. The summed E-state index contributed by atoms with van der Waals surface area (Å²) in [5.41, 5.74) is 9.54. The van der Waals surface area contributed by atoms with E-state index in [-0.39, 0.29) is 0 Å². The van der Waals surface area contributed by atoms with Crippen molar-refractivity contribution in [2.45, 2.75) is 18.9 Å². The Morgan fingerprint density at radius 1 is 1.24 bits per heavy atom. The zero-order chi connectivity index (χ0) is 20.6. The van der Waals surface area contributed by atoms with Crippen LogP contribution < -0.4 is 32.1 Å². The smallest absolute Gasteiger partial charge is 0.250 e. The molecule has 1 amide bonds. The van der Waals surface area contributed by atoms with Crippen molar-refractivity contribution in [3.05, 3.63) is 59.5 Å². The molecule has 2 aromatic rings. The molecule has 1 fully saturated rings. The van der Waals surface area contributed by atoms with Crippen LogP contribution in [0.2, 0.25) is 0 Å². The molecule has 6 N–H and O–H groups in total. The summed E-state index contributed by atoms with van der Waals surface area (Å²) in [5, 5.41) is 20.6. The number of piperidine rings is 1. The van der Waals surface area contributed by atoms with Crippen LogP contribution in [0.15, 0.2) is 49.1 Å². The molecule has 0 radical (unpaired) electrons. The number of carbonyl (C=O) groups excluding carboxylic acids is 1. The van der Waals surface area contributed by atoms with E-state index < -0.39 is 12.5 Å². The van der Waals surface area contributed by atoms with Gasteiger partial charge in [-0.1, -0.05) is 30.9 Å². The normalized spacial score (nSPS) is 15.9. The summed E-state index contributed by atoms with van der Waals surface area (Å²) in [5.74, 6) is -0.441. The lowest BCUT2D eigenvalue weighted by Gasteiger charge is -2.25. The van der Waals surface area contributed by atoms with Crippen molar-refractivity contribution in [1.29, 1.82) is 0 Å². The number of hydrogen-bond acceptors (Lipinski definition) is 5. The highest BCUT2D eigenvalue weighted by molar-refractivity contribution is 5.92. The number of carbonyl (C=O) groups is 1. The van der Waals surface area contributed by atoms with Crippen molar-refractivity contribution in [2.75, 3.05) is 30.3 Å². The largest absolute Gasteiger partial charge is 0.404 e. The lowest BCUT2D eigenvalue weighted by molar-refractivity contribution is -0.118. The van der Waals surface area contributed by atoms with Crippen molar-refractivity contribution in [3.63, 3.8) is 0 Å². The number of anilines is 2. The molecule has 152 valence electrons. The summed E-state index contributed by atoms with van der Waals surface area (Å²) in [4.78, 5) is 11.5. The van der Waals surface area contributed by atoms with Gasteiger partial charge < -0.3 is 26.8 Å². The number of nitrogens with one attached hydrogen (secondary N) is 3. The van der Waals surface area contributed by atoms with Crippen LogP contribution >= 0.6 is 0 Å². The number of hydrogen-bond donors (Lipinski definition) is 5. The van der Waals surface area contributed by atoms with E-state index in [0.717, 1.165) is 53.2 Å². The first kappa shape index (κ1) is 20.6. The first-order valence-electron chi connectivity index (χ1n) is 9.81. The van der Waals surface area contributed by atoms with E-state index in [2.05, 4.69) is 34.7 Å². The zero-order valence-electron chi connectivity index (χ0n) is 16.4. The van der Waals surface area contributed by atoms with Gasteiger partial charge in [0.25, 0.3) is 0 Å². The highest BCUT2D eigenvalue weighted by Gasteiger charge is 2.14. The van der Waals surface area contributed by atoms with Crippen molar-refractivity contribution in [3.8, 4) is 11.1 Å². The van der Waals surface area contributed by atoms with Crippen LogP contribution in [-0.2, 0) is 4.79 Å². The van der Waals surface area contributed by atoms with E-state index in [1.807, 2.05) is 24.3 Å². The topological polar surface area (TPSA) is 99.4 Å². The first-order valence-corrected chi connectivity index (χ1v) is 9.81. The Bertz CT molecular complexity index is 994. The number of rotatable bonds is 6. The molecule has 0 saturated carbocycles. The molecule has 6 heteroatoms. The van der Waals surface area contributed by atoms with Gasteiger partial charge in [-0.2, -0.15) is 0 Å². The fourth-order valence-corrected chi connectivity index (χ4v) is 3.58. The van der Waals surface area contributed by atoms with Crippen LogP contribution in [0, 0.1) is 0 Å². The molecule has 1 saturated heterocycles. The molecule has 1 aliphatic heterocycles. The molecule has 6 nitrogen and oxygen atoms in total. The molecule has 3 rings (SSSR count). The zero-order valence-corrected chi connectivity index (χ0v) is 16.4. The molecule has 0 atom stereocenters. The molecule has 2 aromatic carbocycles. The van der Waals surface area contributed by atoms with Gasteiger partial charge in [0, 0.05) is 28.8 Å². The van der Waals surface area contributed by atoms with Gasteiger partial charge in [0.05, 0.1) is 0 Å². The van der Waals surface area contributed by atoms with Crippen molar-refractivity contribution in [2.24, 2.45) is 5.73 Å². The molecule has 0 unspecified atom stereocenters. The minimum atomic E-state index is -0.548. The van der Waals surface area contributed by atoms with Crippen LogP contribution in [0.25, 0.3) is 23.4 Å². The van der Waals surface area contributed by atoms with E-state index in [1.54, 1.807) is 18.3 Å². The van der Waals surface area contributed by atoms with Gasteiger partial charge in [-0.3, -0.25) is 4.79 Å². The molecule has 0 aliphatic carbocycles. The fraction of sp³-hybridized carbons (Fsp3) is 0.261. The van der Waals surface area contributed by atoms with Gasteiger partial charge in [0.15, 0.2) is 0 Å². The molecular formula is C23H28N4O2. The first-order chi connectivity index (χ1) is 14.1. The third-order valence-electron chi connectivity index (χ3n) is 5.00. The van der Waals surface area contributed by atoms with E-state index in [0.29, 0.717) is 11.7 Å². The second-order valence-corrected chi connectivity index (χ2v) is 7.05. The van der Waals surface area contributed by atoms with Crippen LogP contribution in [0.1, 0.15) is 12.8 Å². The second kappa shape index (κ2) is 9.91. The SMILES string of the molecule is C=C/C=c1/cc(-c2cccc(NC(=O)CO)c2)cc(NC2CCNCC2)/c1=C/N. The van der Waals surface area contributed by atoms with E-state index >= 15 is 0 Å². The Balaban J connectivity index is 2.05. The quantitative estimate of drug-likeness (QED) is 0.507. The number of aliphatic hydroxyl groups is 1. The van der Waals surface area contributed by atoms with Gasteiger partial charge in [0.1, 0.15) is 6.61 Å². The minimum absolute atomic E-state index is 0.386. The minimum Gasteiger partial charge on any atom is -0.404 e. The summed E-state index contributed by atoms with van der Waals surface area (Å²) in [7, 11) is 0. The second-order valence-electron chi connectivity index (χ2n) is 7.05. The van der Waals surface area contributed by atoms with Crippen LogP contribution in [-0.4, -0.2) is 36.8 Å². The van der Waals surface area contributed by atoms with E-state index in [4.69, 9.17) is 10.8 Å². The number of benzene rings is 2. The average Bonchev–Trinajstić information content (AvgIpc) is 2.74. The number of allylic oxidation sites excluding steroid dienone is 1. The van der Waals surface area contributed by atoms with Crippen molar-refractivity contribution in [1.82, 2.24) is 5.32 Å². The Morgan fingerprint density at radius 3 is 2.72 bits per heavy atom. The maximum absolute atomic E-state index is 11.5. The maximum Gasteiger partial charge on any atom is 0.250 e. The molecule has 0 spiro atoms. The lowest BCUT2D eigenvalue weighted by atomic mass is 10.00. The molecular weight excluding hydrogens is 364 g/mol. The summed E-state index contributed by atoms with van der Waals surface area (Å²) >= 11 is 0. The molecule has 0 bridgehead atoms. The summed E-state index contributed by atoms with van der Waals surface area (Å²) < 4.78 is 0. The molecule has 1 heterocycles. The van der Waals surface area contributed by atoms with Crippen LogP contribution in [0.4, 0.5) is 11.4 Å². The monoisotopic (exact) mass is 392 g/mol. The Kier molecular flexibility index (Phi) is 7.05. The van der Waals surface area contributed by atoms with E-state index in [9.17, 15) is 4.79 Å². The number of nitrogens with two attached hydrogens (primary N) is 1. The fourth-order valence-electron chi connectivity index (χ4n) is 3.58. The van der Waals surface area contributed by atoms with Gasteiger partial charge >= 0.3 is 0 Å². The van der Waals surface area contributed by atoms with Crippen LogP contribution in [0.5, 0.6) is 0 Å². The third kappa shape index (κ3) is 5.25. The Labute approximate surface area is 170 Å². The highest BCUT2D eigenvalue weighted by Crippen LogP contribution is 2.23. The Hall–Kier alpha value is -3.09. The Morgan fingerprint density at radius 2 is 2.03 bits per heavy atom. The van der Waals surface area contributed by atoms with Crippen LogP contribution in [0.3, 0.4) is 0 Å². The van der Waals surface area contributed by atoms with Gasteiger partial charge in [-0.05, 0) is 66.5 Å². The average molecular weight is 393 g/mol. The van der Waals surface area contributed by atoms with Crippen molar-refractivity contribution >= 4 is 29.6 Å².